The SMILES string of the molecule is CCNC(=NCCc1ccc(F)c(Br)c1)N(C)CC1CCOC1.I. The van der Waals surface area contributed by atoms with Crippen LogP contribution in [0.1, 0.15) is 18.9 Å². The number of rotatable bonds is 6. The first-order valence-electron chi connectivity index (χ1n) is 8.11. The van der Waals surface area contributed by atoms with Crippen LogP contribution >= 0.6 is 39.9 Å². The molecule has 1 atom stereocenters. The number of benzene rings is 1. The smallest absolute Gasteiger partial charge is 0.193 e. The van der Waals surface area contributed by atoms with Crippen molar-refractivity contribution in [2.24, 2.45) is 10.9 Å². The first-order valence-corrected chi connectivity index (χ1v) is 8.90. The molecule has 0 radical (unpaired) electrons. The molecule has 1 fully saturated rings. The van der Waals surface area contributed by atoms with E-state index in [9.17, 15) is 4.39 Å². The Morgan fingerprint density at radius 3 is 2.92 bits per heavy atom. The van der Waals surface area contributed by atoms with Crippen LogP contribution in [0.5, 0.6) is 0 Å². The summed E-state index contributed by atoms with van der Waals surface area (Å²) < 4.78 is 19.2. The van der Waals surface area contributed by atoms with Crippen molar-refractivity contribution in [2.45, 2.75) is 19.8 Å². The van der Waals surface area contributed by atoms with Gasteiger partial charge in [0.2, 0.25) is 0 Å². The monoisotopic (exact) mass is 513 g/mol. The van der Waals surface area contributed by atoms with Crippen molar-refractivity contribution in [3.05, 3.63) is 34.1 Å². The van der Waals surface area contributed by atoms with Crippen molar-refractivity contribution in [3.63, 3.8) is 0 Å². The average Bonchev–Trinajstić information content (AvgIpc) is 3.03. The number of aliphatic imine (C=N–C) groups is 1. The van der Waals surface area contributed by atoms with Crippen LogP contribution in [0, 0.1) is 11.7 Å². The van der Waals surface area contributed by atoms with Crippen molar-refractivity contribution < 1.29 is 9.13 Å². The van der Waals surface area contributed by atoms with Crippen molar-refractivity contribution in [1.29, 1.82) is 0 Å². The summed E-state index contributed by atoms with van der Waals surface area (Å²) in [6.07, 6.45) is 1.90. The van der Waals surface area contributed by atoms with Crippen LogP contribution in [0.2, 0.25) is 0 Å². The molecule has 0 aromatic heterocycles. The van der Waals surface area contributed by atoms with Crippen molar-refractivity contribution >= 4 is 45.9 Å². The minimum Gasteiger partial charge on any atom is -0.381 e. The fourth-order valence-electron chi connectivity index (χ4n) is 2.66. The number of hydrogen-bond acceptors (Lipinski definition) is 2. The molecule has 0 saturated carbocycles. The van der Waals surface area contributed by atoms with Crippen LogP contribution in [0.4, 0.5) is 4.39 Å². The van der Waals surface area contributed by atoms with Crippen LogP contribution < -0.4 is 5.32 Å². The van der Waals surface area contributed by atoms with Gasteiger partial charge >= 0.3 is 0 Å². The molecule has 1 aromatic carbocycles. The van der Waals surface area contributed by atoms with E-state index >= 15 is 0 Å². The van der Waals surface area contributed by atoms with Gasteiger partial charge in [-0.3, -0.25) is 4.99 Å². The van der Waals surface area contributed by atoms with E-state index in [1.807, 2.05) is 12.1 Å². The van der Waals surface area contributed by atoms with Gasteiger partial charge in [0, 0.05) is 39.2 Å². The molecule has 1 heterocycles. The Hall–Kier alpha value is -0.410. The van der Waals surface area contributed by atoms with Gasteiger partial charge in [0.25, 0.3) is 0 Å². The lowest BCUT2D eigenvalue weighted by molar-refractivity contribution is 0.181. The summed E-state index contributed by atoms with van der Waals surface area (Å²) in [6, 6.07) is 5.11. The second-order valence-corrected chi connectivity index (χ2v) is 6.70. The van der Waals surface area contributed by atoms with Gasteiger partial charge in [-0.2, -0.15) is 0 Å². The second kappa shape index (κ2) is 11.3. The number of hydrogen-bond donors (Lipinski definition) is 1. The topological polar surface area (TPSA) is 36.9 Å². The normalized spacial score (nSPS) is 17.5. The Labute approximate surface area is 169 Å². The molecule has 7 heteroatoms. The molecule has 1 aliphatic heterocycles. The molecule has 24 heavy (non-hydrogen) atoms. The number of nitrogens with one attached hydrogen (secondary N) is 1. The summed E-state index contributed by atoms with van der Waals surface area (Å²) in [5.41, 5.74) is 1.07. The number of halogens is 3. The number of ether oxygens (including phenoxy) is 1. The van der Waals surface area contributed by atoms with Gasteiger partial charge in [-0.1, -0.05) is 6.07 Å². The maximum Gasteiger partial charge on any atom is 0.193 e. The molecule has 1 N–H and O–H groups in total. The fraction of sp³-hybridized carbons (Fsp3) is 0.588. The molecule has 0 bridgehead atoms. The lowest BCUT2D eigenvalue weighted by Crippen LogP contribution is -2.41. The van der Waals surface area contributed by atoms with Crippen molar-refractivity contribution in [1.82, 2.24) is 10.2 Å². The molecule has 4 nitrogen and oxygen atoms in total. The maximum absolute atomic E-state index is 13.2. The Morgan fingerprint density at radius 2 is 2.29 bits per heavy atom. The van der Waals surface area contributed by atoms with Gasteiger partial charge in [-0.05, 0) is 53.4 Å². The molecule has 136 valence electrons. The minimum absolute atomic E-state index is 0. The standard InChI is InChI=1S/C17H25BrFN3O.HI/c1-3-20-17(22(2)11-14-7-9-23-12-14)21-8-6-13-4-5-16(19)15(18)10-13;/h4-5,10,14H,3,6-9,11-12H2,1-2H3,(H,20,21);1H. The molecule has 1 aliphatic rings. The molecule has 0 aliphatic carbocycles. The Morgan fingerprint density at radius 1 is 1.50 bits per heavy atom. The lowest BCUT2D eigenvalue weighted by atomic mass is 10.1. The van der Waals surface area contributed by atoms with E-state index in [2.05, 4.69) is 45.1 Å². The molecular formula is C17H26BrFIN3O. The number of guanidine groups is 1. The maximum atomic E-state index is 13.2. The highest BCUT2D eigenvalue weighted by Crippen LogP contribution is 2.17. The van der Waals surface area contributed by atoms with Gasteiger partial charge in [0.15, 0.2) is 5.96 Å². The van der Waals surface area contributed by atoms with E-state index < -0.39 is 0 Å². The highest BCUT2D eigenvalue weighted by Gasteiger charge is 2.18. The van der Waals surface area contributed by atoms with E-state index in [-0.39, 0.29) is 29.8 Å². The third-order valence-corrected chi connectivity index (χ3v) is 4.51. The van der Waals surface area contributed by atoms with Gasteiger partial charge in [0.05, 0.1) is 11.1 Å². The zero-order valence-electron chi connectivity index (χ0n) is 14.2. The van der Waals surface area contributed by atoms with E-state index in [4.69, 9.17) is 4.74 Å². The summed E-state index contributed by atoms with van der Waals surface area (Å²) in [5, 5.41) is 3.33. The summed E-state index contributed by atoms with van der Waals surface area (Å²) in [6.45, 7) is 6.24. The largest absolute Gasteiger partial charge is 0.381 e. The van der Waals surface area contributed by atoms with Crippen molar-refractivity contribution in [2.75, 3.05) is 39.9 Å². The Balaban J connectivity index is 0.00000288. The van der Waals surface area contributed by atoms with Crippen molar-refractivity contribution in [3.8, 4) is 0 Å². The third-order valence-electron chi connectivity index (χ3n) is 3.90. The van der Waals surface area contributed by atoms with Crippen LogP contribution in [0.3, 0.4) is 0 Å². The zero-order chi connectivity index (χ0) is 16.7. The number of nitrogens with zero attached hydrogens (tertiary/aromatic N) is 2. The highest BCUT2D eigenvalue weighted by molar-refractivity contribution is 14.0. The van der Waals surface area contributed by atoms with Crippen LogP contribution in [0.25, 0.3) is 0 Å². The summed E-state index contributed by atoms with van der Waals surface area (Å²) in [5.74, 6) is 1.27. The molecule has 1 aromatic rings. The van der Waals surface area contributed by atoms with Gasteiger partial charge in [-0.15, -0.1) is 24.0 Å². The molecular weight excluding hydrogens is 488 g/mol. The molecule has 2 rings (SSSR count). The van der Waals surface area contributed by atoms with Crippen LogP contribution in [-0.2, 0) is 11.2 Å². The van der Waals surface area contributed by atoms with E-state index in [1.165, 1.54) is 6.07 Å². The van der Waals surface area contributed by atoms with E-state index in [0.717, 1.165) is 50.7 Å². The van der Waals surface area contributed by atoms with Crippen LogP contribution in [0.15, 0.2) is 27.7 Å². The summed E-state index contributed by atoms with van der Waals surface area (Å²) >= 11 is 3.22. The van der Waals surface area contributed by atoms with Crippen LogP contribution in [-0.4, -0.2) is 50.8 Å². The first kappa shape index (κ1) is 21.6. The summed E-state index contributed by atoms with van der Waals surface area (Å²) in [7, 11) is 2.06. The molecule has 0 amide bonds. The Bertz CT molecular complexity index is 539. The average molecular weight is 514 g/mol. The zero-order valence-corrected chi connectivity index (χ0v) is 18.1. The highest BCUT2D eigenvalue weighted by atomic mass is 127. The van der Waals surface area contributed by atoms with Gasteiger partial charge in [-0.25, -0.2) is 4.39 Å². The van der Waals surface area contributed by atoms with Gasteiger partial charge < -0.3 is 15.0 Å². The predicted octanol–water partition coefficient (Wildman–Crippen LogP) is 3.68. The molecule has 0 spiro atoms. The molecule has 1 unspecified atom stereocenters. The lowest BCUT2D eigenvalue weighted by Gasteiger charge is -2.24. The second-order valence-electron chi connectivity index (χ2n) is 5.84. The summed E-state index contributed by atoms with van der Waals surface area (Å²) in [4.78, 5) is 6.85. The Kier molecular flexibility index (Phi) is 10.1. The first-order chi connectivity index (χ1) is 11.1. The third kappa shape index (κ3) is 6.84. The predicted molar refractivity (Wildman–Crippen MR) is 111 cm³/mol. The van der Waals surface area contributed by atoms with Gasteiger partial charge in [0.1, 0.15) is 5.82 Å². The molecule has 1 saturated heterocycles. The fourth-order valence-corrected chi connectivity index (χ4v) is 3.08. The van der Waals surface area contributed by atoms with E-state index in [0.29, 0.717) is 16.9 Å². The quantitative estimate of drug-likeness (QED) is 0.358. The van der Waals surface area contributed by atoms with E-state index in [1.54, 1.807) is 0 Å². The minimum atomic E-state index is -0.232.